The molecule has 1 rings (SSSR count). The van der Waals surface area contributed by atoms with Gasteiger partial charge in [-0.05, 0) is 46.7 Å². The third kappa shape index (κ3) is 3.20. The predicted octanol–water partition coefficient (Wildman–Crippen LogP) is 2.57. The molecule has 0 N–H and O–H groups in total. The van der Waals surface area contributed by atoms with E-state index >= 15 is 0 Å². The summed E-state index contributed by atoms with van der Waals surface area (Å²) in [5.74, 6) is 0. The lowest BCUT2D eigenvalue weighted by Crippen LogP contribution is -2.51. The van der Waals surface area contributed by atoms with Crippen molar-refractivity contribution in [2.24, 2.45) is 0 Å². The van der Waals surface area contributed by atoms with Gasteiger partial charge in [-0.3, -0.25) is 4.90 Å². The van der Waals surface area contributed by atoms with Crippen molar-refractivity contribution in [3.05, 3.63) is 0 Å². The summed E-state index contributed by atoms with van der Waals surface area (Å²) in [6.45, 7) is 8.23. The van der Waals surface area contributed by atoms with Crippen LogP contribution in [0.25, 0.3) is 0 Å². The number of hydrogen-bond donors (Lipinski definition) is 0. The smallest absolute Gasteiger partial charge is 0.109 e. The zero-order chi connectivity index (χ0) is 12.2. The van der Waals surface area contributed by atoms with Crippen molar-refractivity contribution in [2.75, 3.05) is 20.2 Å². The second-order valence-electron chi connectivity index (χ2n) is 5.57. The molecule has 1 heterocycles. The third-order valence-electron chi connectivity index (χ3n) is 3.62. The van der Waals surface area contributed by atoms with Crippen LogP contribution in [0.2, 0.25) is 0 Å². The Kier molecular flexibility index (Phi) is 4.35. The summed E-state index contributed by atoms with van der Waals surface area (Å²) in [5.41, 5.74) is -0.623. The van der Waals surface area contributed by atoms with E-state index in [4.69, 9.17) is 4.74 Å². The van der Waals surface area contributed by atoms with Crippen LogP contribution in [0.4, 0.5) is 0 Å². The lowest BCUT2D eigenvalue weighted by atomic mass is 9.86. The number of nitrogens with zero attached hydrogens (tertiary/aromatic N) is 2. The first-order valence-electron chi connectivity index (χ1n) is 6.15. The Balaban J connectivity index is 2.72. The number of likely N-dealkylation sites (tertiary alicyclic amines) is 1. The maximum Gasteiger partial charge on any atom is 0.109 e. The maximum absolute atomic E-state index is 9.45. The highest BCUT2D eigenvalue weighted by Crippen LogP contribution is 2.30. The van der Waals surface area contributed by atoms with Crippen LogP contribution in [0.3, 0.4) is 0 Å². The molecule has 0 amide bonds. The molecule has 1 fully saturated rings. The van der Waals surface area contributed by atoms with Gasteiger partial charge < -0.3 is 4.74 Å². The average molecular weight is 224 g/mol. The Morgan fingerprint density at radius 2 is 1.75 bits per heavy atom. The lowest BCUT2D eigenvalue weighted by Gasteiger charge is -2.42. The van der Waals surface area contributed by atoms with Crippen molar-refractivity contribution in [1.82, 2.24) is 4.90 Å². The van der Waals surface area contributed by atoms with E-state index < -0.39 is 0 Å². The van der Waals surface area contributed by atoms with E-state index in [0.717, 1.165) is 19.5 Å². The SMILES string of the molecule is COC(C)(C)CC(C)(C#N)N1CCCCC1. The molecule has 92 valence electrons. The van der Waals surface area contributed by atoms with Gasteiger partial charge in [0.15, 0.2) is 0 Å². The van der Waals surface area contributed by atoms with Crippen LogP contribution in [-0.4, -0.2) is 36.2 Å². The highest BCUT2D eigenvalue weighted by Gasteiger charge is 2.38. The summed E-state index contributed by atoms with van der Waals surface area (Å²) in [7, 11) is 1.72. The molecule has 1 aliphatic rings. The van der Waals surface area contributed by atoms with Crippen molar-refractivity contribution >= 4 is 0 Å². The molecule has 0 aromatic rings. The molecule has 0 aromatic heterocycles. The highest BCUT2D eigenvalue weighted by molar-refractivity contribution is 5.08. The monoisotopic (exact) mass is 224 g/mol. The Bertz CT molecular complexity index is 264. The van der Waals surface area contributed by atoms with Gasteiger partial charge in [0.25, 0.3) is 0 Å². The number of nitriles is 1. The van der Waals surface area contributed by atoms with Crippen LogP contribution >= 0.6 is 0 Å². The number of ether oxygens (including phenoxy) is 1. The zero-order valence-electron chi connectivity index (χ0n) is 11.0. The Morgan fingerprint density at radius 1 is 1.19 bits per heavy atom. The molecule has 16 heavy (non-hydrogen) atoms. The van der Waals surface area contributed by atoms with E-state index in [-0.39, 0.29) is 11.1 Å². The summed E-state index contributed by atoms with van der Waals surface area (Å²) < 4.78 is 5.45. The average Bonchev–Trinajstić information content (AvgIpc) is 2.29. The second-order valence-corrected chi connectivity index (χ2v) is 5.57. The van der Waals surface area contributed by atoms with Gasteiger partial charge in [0.05, 0.1) is 11.7 Å². The maximum atomic E-state index is 9.45. The van der Waals surface area contributed by atoms with Crippen molar-refractivity contribution in [1.29, 1.82) is 5.26 Å². The van der Waals surface area contributed by atoms with E-state index in [1.54, 1.807) is 7.11 Å². The molecule has 1 atom stereocenters. The second kappa shape index (κ2) is 5.16. The normalized spacial score (nSPS) is 22.4. The molecule has 3 nitrogen and oxygen atoms in total. The van der Waals surface area contributed by atoms with Gasteiger partial charge >= 0.3 is 0 Å². The van der Waals surface area contributed by atoms with Crippen molar-refractivity contribution in [3.8, 4) is 6.07 Å². The van der Waals surface area contributed by atoms with Gasteiger partial charge in [0.1, 0.15) is 5.54 Å². The van der Waals surface area contributed by atoms with Gasteiger partial charge in [-0.2, -0.15) is 5.26 Å². The molecule has 1 aliphatic heterocycles. The Labute approximate surface area is 99.4 Å². The van der Waals surface area contributed by atoms with Crippen molar-refractivity contribution < 1.29 is 4.74 Å². The molecule has 3 heteroatoms. The highest BCUT2D eigenvalue weighted by atomic mass is 16.5. The van der Waals surface area contributed by atoms with Crippen LogP contribution in [0.5, 0.6) is 0 Å². The molecular weight excluding hydrogens is 200 g/mol. The van der Waals surface area contributed by atoms with Gasteiger partial charge in [-0.15, -0.1) is 0 Å². The summed E-state index contributed by atoms with van der Waals surface area (Å²) in [6.07, 6.45) is 4.48. The third-order valence-corrected chi connectivity index (χ3v) is 3.62. The fourth-order valence-electron chi connectivity index (χ4n) is 2.51. The van der Waals surface area contributed by atoms with Crippen LogP contribution in [-0.2, 0) is 4.74 Å². The van der Waals surface area contributed by atoms with Crippen LogP contribution in [0.1, 0.15) is 46.5 Å². The molecule has 1 unspecified atom stereocenters. The number of methoxy groups -OCH3 is 1. The molecule has 0 saturated carbocycles. The molecule has 0 aromatic carbocycles. The molecule has 0 aliphatic carbocycles. The number of rotatable bonds is 4. The van der Waals surface area contributed by atoms with Crippen LogP contribution in [0, 0.1) is 11.3 Å². The molecule has 1 saturated heterocycles. The van der Waals surface area contributed by atoms with Gasteiger partial charge in [0, 0.05) is 13.5 Å². The topological polar surface area (TPSA) is 36.3 Å². The fourth-order valence-corrected chi connectivity index (χ4v) is 2.51. The standard InChI is InChI=1S/C13H24N2O/c1-12(2,16-4)10-13(3,11-14)15-8-6-5-7-9-15/h5-10H2,1-4H3. The zero-order valence-corrected chi connectivity index (χ0v) is 11.0. The first kappa shape index (κ1) is 13.5. The summed E-state index contributed by atoms with van der Waals surface area (Å²) in [5, 5.41) is 9.45. The molecule has 0 spiro atoms. The van der Waals surface area contributed by atoms with E-state index in [1.807, 2.05) is 20.8 Å². The van der Waals surface area contributed by atoms with E-state index in [9.17, 15) is 5.26 Å². The largest absolute Gasteiger partial charge is 0.379 e. The predicted molar refractivity (Wildman–Crippen MR) is 65.1 cm³/mol. The van der Waals surface area contributed by atoms with Gasteiger partial charge in [-0.1, -0.05) is 6.42 Å². The van der Waals surface area contributed by atoms with E-state index in [1.165, 1.54) is 19.3 Å². The summed E-state index contributed by atoms with van der Waals surface area (Å²) in [6, 6.07) is 2.48. The first-order valence-corrected chi connectivity index (χ1v) is 6.15. The van der Waals surface area contributed by atoms with Crippen LogP contribution < -0.4 is 0 Å². The van der Waals surface area contributed by atoms with Crippen molar-refractivity contribution in [2.45, 2.75) is 57.6 Å². The van der Waals surface area contributed by atoms with Crippen molar-refractivity contribution in [3.63, 3.8) is 0 Å². The van der Waals surface area contributed by atoms with E-state index in [0.29, 0.717) is 0 Å². The minimum absolute atomic E-state index is 0.234. The Hall–Kier alpha value is -0.590. The molecule has 0 radical (unpaired) electrons. The summed E-state index contributed by atoms with van der Waals surface area (Å²) in [4.78, 5) is 2.32. The minimum atomic E-state index is -0.389. The fraction of sp³-hybridized carbons (Fsp3) is 0.923. The Morgan fingerprint density at radius 3 is 2.19 bits per heavy atom. The van der Waals surface area contributed by atoms with E-state index in [2.05, 4.69) is 11.0 Å². The quantitative estimate of drug-likeness (QED) is 0.736. The van der Waals surface area contributed by atoms with Gasteiger partial charge in [-0.25, -0.2) is 0 Å². The lowest BCUT2D eigenvalue weighted by molar-refractivity contribution is -0.0246. The van der Waals surface area contributed by atoms with Crippen LogP contribution in [0.15, 0.2) is 0 Å². The summed E-state index contributed by atoms with van der Waals surface area (Å²) >= 11 is 0. The first-order chi connectivity index (χ1) is 7.43. The number of piperidine rings is 1. The molecular formula is C13H24N2O. The van der Waals surface area contributed by atoms with Gasteiger partial charge in [0.2, 0.25) is 0 Å². The minimum Gasteiger partial charge on any atom is -0.379 e. The number of hydrogen-bond acceptors (Lipinski definition) is 3. The molecule has 0 bridgehead atoms.